The van der Waals surface area contributed by atoms with Gasteiger partial charge in [-0.2, -0.15) is 13.2 Å². The highest BCUT2D eigenvalue weighted by molar-refractivity contribution is 5.96. The molecule has 0 spiro atoms. The normalized spacial score (nSPS) is 14.2. The summed E-state index contributed by atoms with van der Waals surface area (Å²) in [5, 5.41) is 15.8. The lowest BCUT2D eigenvalue weighted by Gasteiger charge is -2.35. The summed E-state index contributed by atoms with van der Waals surface area (Å²) in [5.41, 5.74) is 2.71. The number of piperazine rings is 1. The number of hydrogen-bond acceptors (Lipinski definition) is 5. The Morgan fingerprint density at radius 1 is 0.841 bits per heavy atom. The second kappa shape index (κ2) is 15.0. The maximum absolute atomic E-state index is 13.0. The van der Waals surface area contributed by atoms with Crippen LogP contribution in [0.3, 0.4) is 0 Å². The van der Waals surface area contributed by atoms with Gasteiger partial charge in [-0.3, -0.25) is 14.5 Å². The Morgan fingerprint density at radius 3 is 1.91 bits per heavy atom. The number of carbonyl (C=O) groups excluding carboxylic acids is 3. The number of nitrogens with one attached hydrogen (secondary N) is 3. The van der Waals surface area contributed by atoms with Crippen molar-refractivity contribution < 1.29 is 37.5 Å². The number of halogens is 3. The molecule has 0 atom stereocenters. The zero-order valence-corrected chi connectivity index (χ0v) is 26.0. The molecule has 4 N–H and O–H groups in total. The average Bonchev–Trinajstić information content (AvgIpc) is 2.91. The lowest BCUT2D eigenvalue weighted by Crippen LogP contribution is -2.48. The lowest BCUT2D eigenvalue weighted by atomic mass is 9.97. The number of hydrogen-bond donors (Lipinski definition) is 4. The van der Waals surface area contributed by atoms with Crippen molar-refractivity contribution in [2.24, 2.45) is 5.41 Å². The number of benzene rings is 2. The van der Waals surface area contributed by atoms with Gasteiger partial charge in [-0.1, -0.05) is 32.9 Å². The van der Waals surface area contributed by atoms with Crippen molar-refractivity contribution in [3.05, 3.63) is 65.2 Å². The van der Waals surface area contributed by atoms with Gasteiger partial charge in [-0.25, -0.2) is 9.59 Å². The standard InChI is InChI=1S/C29H41N5O3.C2HF3O2/c1-28(2,3)20-30-27(37)31-24-12-10-22(11-13-24)26(36)34-16-14-33(15-17-34)19-21-8-7-9-23(18-21)25(35)32-29(4,5)6;3-2(4,5)1(6)7/h7-13,18H,14-17,19-20H2,1-6H3,(H,32,35)(H2,30,31,37);(H,6,7). The average molecular weight is 622 g/mol. The summed E-state index contributed by atoms with van der Waals surface area (Å²) in [6, 6.07) is 14.5. The first-order valence-electron chi connectivity index (χ1n) is 14.1. The molecule has 0 aromatic heterocycles. The Balaban J connectivity index is 0.000000860. The largest absolute Gasteiger partial charge is 0.490 e. The van der Waals surface area contributed by atoms with E-state index in [1.54, 1.807) is 24.3 Å². The Kier molecular flexibility index (Phi) is 12.3. The van der Waals surface area contributed by atoms with Crippen LogP contribution in [0, 0.1) is 5.41 Å². The fraction of sp³-hybridized carbons (Fsp3) is 0.484. The lowest BCUT2D eigenvalue weighted by molar-refractivity contribution is -0.192. The molecule has 0 bridgehead atoms. The number of aliphatic carboxylic acids is 1. The van der Waals surface area contributed by atoms with Crippen LogP contribution in [0.1, 0.15) is 67.8 Å². The summed E-state index contributed by atoms with van der Waals surface area (Å²) >= 11 is 0. The van der Waals surface area contributed by atoms with Crippen LogP contribution in [0.25, 0.3) is 0 Å². The molecule has 1 aliphatic rings. The number of carboxylic acids is 1. The zero-order chi connectivity index (χ0) is 33.3. The Bertz CT molecular complexity index is 1290. The molecule has 0 saturated carbocycles. The molecule has 0 unspecified atom stereocenters. The summed E-state index contributed by atoms with van der Waals surface area (Å²) in [6.07, 6.45) is -5.08. The molecule has 10 nitrogen and oxygen atoms in total. The molecule has 1 heterocycles. The van der Waals surface area contributed by atoms with Gasteiger partial charge in [0.2, 0.25) is 0 Å². The molecule has 0 radical (unpaired) electrons. The SMILES string of the molecule is CC(C)(C)CNC(=O)Nc1ccc(C(=O)N2CCN(Cc3cccc(C(=O)NC(C)(C)C)c3)CC2)cc1.O=C(O)C(F)(F)F. The molecular weight excluding hydrogens is 579 g/mol. The quantitative estimate of drug-likeness (QED) is 0.360. The van der Waals surface area contributed by atoms with Crippen LogP contribution < -0.4 is 16.0 Å². The summed E-state index contributed by atoms with van der Waals surface area (Å²) in [5.74, 6) is -2.84. The molecule has 3 rings (SSSR count). The predicted octanol–water partition coefficient (Wildman–Crippen LogP) is 4.97. The summed E-state index contributed by atoms with van der Waals surface area (Å²) < 4.78 is 31.7. The summed E-state index contributed by atoms with van der Waals surface area (Å²) in [7, 11) is 0. The number of anilines is 1. The Morgan fingerprint density at radius 2 is 1.41 bits per heavy atom. The third-order valence-electron chi connectivity index (χ3n) is 6.15. The van der Waals surface area contributed by atoms with Gasteiger partial charge < -0.3 is 26.0 Å². The fourth-order valence-electron chi connectivity index (χ4n) is 3.99. The molecule has 44 heavy (non-hydrogen) atoms. The van der Waals surface area contributed by atoms with Crippen LogP contribution in [0.4, 0.5) is 23.7 Å². The maximum Gasteiger partial charge on any atom is 0.490 e. The van der Waals surface area contributed by atoms with Crippen molar-refractivity contribution >= 4 is 29.5 Å². The number of alkyl halides is 3. The molecule has 4 amide bonds. The van der Waals surface area contributed by atoms with Crippen molar-refractivity contribution in [2.45, 2.75) is 59.8 Å². The van der Waals surface area contributed by atoms with E-state index in [-0.39, 0.29) is 28.8 Å². The van der Waals surface area contributed by atoms with E-state index in [2.05, 4.69) is 41.6 Å². The van der Waals surface area contributed by atoms with E-state index >= 15 is 0 Å². The monoisotopic (exact) mass is 621 g/mol. The minimum absolute atomic E-state index is 0.00425. The first-order valence-corrected chi connectivity index (χ1v) is 14.1. The highest BCUT2D eigenvalue weighted by Crippen LogP contribution is 2.16. The third-order valence-corrected chi connectivity index (χ3v) is 6.15. The minimum Gasteiger partial charge on any atom is -0.475 e. The van der Waals surface area contributed by atoms with Crippen LogP contribution in [-0.4, -0.2) is 83.2 Å². The second-order valence-electron chi connectivity index (χ2n) is 12.7. The number of carbonyl (C=O) groups is 4. The van der Waals surface area contributed by atoms with Crippen molar-refractivity contribution in [3.8, 4) is 0 Å². The van der Waals surface area contributed by atoms with Crippen molar-refractivity contribution in [2.75, 3.05) is 38.0 Å². The third kappa shape index (κ3) is 13.0. The van der Waals surface area contributed by atoms with Gasteiger partial charge >= 0.3 is 18.2 Å². The Labute approximate surface area is 256 Å². The van der Waals surface area contributed by atoms with Crippen LogP contribution in [0.15, 0.2) is 48.5 Å². The molecule has 13 heteroatoms. The summed E-state index contributed by atoms with van der Waals surface area (Å²) in [4.78, 5) is 50.6. The summed E-state index contributed by atoms with van der Waals surface area (Å²) in [6.45, 7) is 16.2. The van der Waals surface area contributed by atoms with Crippen molar-refractivity contribution in [1.29, 1.82) is 0 Å². The fourth-order valence-corrected chi connectivity index (χ4v) is 3.99. The van der Waals surface area contributed by atoms with Gasteiger partial charge in [-0.15, -0.1) is 0 Å². The van der Waals surface area contributed by atoms with Crippen LogP contribution >= 0.6 is 0 Å². The number of nitrogens with zero attached hydrogens (tertiary/aromatic N) is 2. The van der Waals surface area contributed by atoms with Gasteiger partial charge in [0.15, 0.2) is 0 Å². The second-order valence-corrected chi connectivity index (χ2v) is 12.7. The molecule has 1 saturated heterocycles. The first-order chi connectivity index (χ1) is 20.2. The van der Waals surface area contributed by atoms with E-state index in [1.807, 2.05) is 49.9 Å². The minimum atomic E-state index is -5.08. The number of carboxylic acid groups (broad SMARTS) is 1. The highest BCUT2D eigenvalue weighted by atomic mass is 19.4. The molecule has 1 fully saturated rings. The topological polar surface area (TPSA) is 131 Å². The number of urea groups is 1. The Hall–Kier alpha value is -4.13. The predicted molar refractivity (Wildman–Crippen MR) is 161 cm³/mol. The molecule has 2 aromatic carbocycles. The van der Waals surface area contributed by atoms with Gasteiger partial charge in [0.1, 0.15) is 0 Å². The van der Waals surface area contributed by atoms with E-state index < -0.39 is 12.1 Å². The molecular formula is C31H42F3N5O5. The molecule has 0 aliphatic carbocycles. The van der Waals surface area contributed by atoms with E-state index in [0.29, 0.717) is 36.4 Å². The van der Waals surface area contributed by atoms with Crippen LogP contribution in [0.2, 0.25) is 0 Å². The highest BCUT2D eigenvalue weighted by Gasteiger charge is 2.38. The number of rotatable bonds is 6. The van der Waals surface area contributed by atoms with E-state index in [9.17, 15) is 27.6 Å². The maximum atomic E-state index is 13.0. The van der Waals surface area contributed by atoms with Crippen LogP contribution in [0.5, 0.6) is 0 Å². The number of amides is 4. The smallest absolute Gasteiger partial charge is 0.475 e. The van der Waals surface area contributed by atoms with Gasteiger partial charge in [0.05, 0.1) is 0 Å². The van der Waals surface area contributed by atoms with E-state index in [0.717, 1.165) is 25.2 Å². The zero-order valence-electron chi connectivity index (χ0n) is 26.0. The van der Waals surface area contributed by atoms with Crippen molar-refractivity contribution in [3.63, 3.8) is 0 Å². The van der Waals surface area contributed by atoms with E-state index in [4.69, 9.17) is 9.90 Å². The van der Waals surface area contributed by atoms with E-state index in [1.165, 1.54) is 0 Å². The van der Waals surface area contributed by atoms with Gasteiger partial charge in [-0.05, 0) is 68.1 Å². The van der Waals surface area contributed by atoms with Crippen LogP contribution in [-0.2, 0) is 11.3 Å². The molecule has 242 valence electrons. The first kappa shape index (κ1) is 36.1. The molecule has 1 aliphatic heterocycles. The van der Waals surface area contributed by atoms with Gasteiger partial charge in [0, 0.05) is 61.6 Å². The van der Waals surface area contributed by atoms with Gasteiger partial charge in [0.25, 0.3) is 11.8 Å². The van der Waals surface area contributed by atoms with Crippen molar-refractivity contribution in [1.82, 2.24) is 20.4 Å². The molecule has 2 aromatic rings.